The predicted molar refractivity (Wildman–Crippen MR) is 95.5 cm³/mol. The van der Waals surface area contributed by atoms with E-state index in [9.17, 15) is 27.6 Å². The van der Waals surface area contributed by atoms with E-state index in [2.05, 4.69) is 10.1 Å². The molecule has 0 aliphatic heterocycles. The Morgan fingerprint density at radius 1 is 1.11 bits per heavy atom. The number of alkyl halides is 3. The quantitative estimate of drug-likeness (QED) is 0.748. The van der Waals surface area contributed by atoms with Gasteiger partial charge in [-0.1, -0.05) is 12.1 Å². The van der Waals surface area contributed by atoms with Gasteiger partial charge in [0.15, 0.2) is 6.61 Å². The van der Waals surface area contributed by atoms with Crippen LogP contribution in [0.3, 0.4) is 0 Å². The standard InChI is InChI=1S/C18H16F3NO5S/c1-9-10(2)28-15(14(9)17(25)26-3)22-13(23)8-27-16(24)11-6-4-5-7-12(11)18(19,20)21/h4-7H,8H2,1-3H3,(H,22,23). The molecule has 0 unspecified atom stereocenters. The first-order chi connectivity index (χ1) is 13.1. The van der Waals surface area contributed by atoms with Crippen LogP contribution in [0.4, 0.5) is 18.2 Å². The van der Waals surface area contributed by atoms with Crippen LogP contribution in [0.25, 0.3) is 0 Å². The van der Waals surface area contributed by atoms with Crippen LogP contribution in [0.15, 0.2) is 24.3 Å². The summed E-state index contributed by atoms with van der Waals surface area (Å²) in [6, 6.07) is 4.11. The highest BCUT2D eigenvalue weighted by Gasteiger charge is 2.35. The fourth-order valence-corrected chi connectivity index (χ4v) is 3.41. The third-order valence-corrected chi connectivity index (χ3v) is 4.94. The summed E-state index contributed by atoms with van der Waals surface area (Å²) in [4.78, 5) is 36.7. The first-order valence-corrected chi connectivity index (χ1v) is 8.69. The third-order valence-electron chi connectivity index (χ3n) is 3.81. The largest absolute Gasteiger partial charge is 0.465 e. The predicted octanol–water partition coefficient (Wildman–Crippen LogP) is 3.97. The van der Waals surface area contributed by atoms with Gasteiger partial charge in [-0.2, -0.15) is 13.2 Å². The topological polar surface area (TPSA) is 81.7 Å². The van der Waals surface area contributed by atoms with Gasteiger partial charge in [0.2, 0.25) is 0 Å². The minimum absolute atomic E-state index is 0.173. The molecule has 0 radical (unpaired) electrons. The van der Waals surface area contributed by atoms with Crippen molar-refractivity contribution in [2.45, 2.75) is 20.0 Å². The zero-order chi connectivity index (χ0) is 21.1. The average Bonchev–Trinajstić information content (AvgIpc) is 2.91. The van der Waals surface area contributed by atoms with Crippen molar-refractivity contribution in [3.8, 4) is 0 Å². The van der Waals surface area contributed by atoms with Crippen molar-refractivity contribution in [3.05, 3.63) is 51.4 Å². The minimum Gasteiger partial charge on any atom is -0.465 e. The van der Waals surface area contributed by atoms with Crippen LogP contribution in [0.2, 0.25) is 0 Å². The van der Waals surface area contributed by atoms with E-state index in [1.807, 2.05) is 0 Å². The molecular weight excluding hydrogens is 399 g/mol. The third kappa shape index (κ3) is 4.69. The molecule has 1 aromatic heterocycles. The number of carbonyl (C=O) groups excluding carboxylic acids is 3. The second-order valence-corrected chi connectivity index (χ2v) is 6.87. The van der Waals surface area contributed by atoms with Gasteiger partial charge < -0.3 is 14.8 Å². The molecule has 0 aliphatic carbocycles. The normalized spacial score (nSPS) is 11.1. The highest BCUT2D eigenvalue weighted by Crippen LogP contribution is 2.33. The SMILES string of the molecule is COC(=O)c1c(NC(=O)COC(=O)c2ccccc2C(F)(F)F)sc(C)c1C. The molecule has 0 saturated heterocycles. The van der Waals surface area contributed by atoms with E-state index in [1.165, 1.54) is 13.2 Å². The van der Waals surface area contributed by atoms with Gasteiger partial charge >= 0.3 is 18.1 Å². The first-order valence-electron chi connectivity index (χ1n) is 7.87. The number of carbonyl (C=O) groups is 3. The first kappa shape index (κ1) is 21.4. The van der Waals surface area contributed by atoms with E-state index in [1.54, 1.807) is 13.8 Å². The monoisotopic (exact) mass is 415 g/mol. The maximum absolute atomic E-state index is 13.0. The summed E-state index contributed by atoms with van der Waals surface area (Å²) in [6.45, 7) is 2.61. The Balaban J connectivity index is 2.10. The maximum Gasteiger partial charge on any atom is 0.417 e. The zero-order valence-electron chi connectivity index (χ0n) is 15.1. The van der Waals surface area contributed by atoms with E-state index in [-0.39, 0.29) is 10.6 Å². The minimum atomic E-state index is -4.74. The Hall–Kier alpha value is -2.88. The van der Waals surface area contributed by atoms with E-state index in [4.69, 9.17) is 4.74 Å². The van der Waals surface area contributed by atoms with Crippen LogP contribution in [-0.4, -0.2) is 31.6 Å². The summed E-state index contributed by atoms with van der Waals surface area (Å²) in [7, 11) is 1.19. The Labute approximate surface area is 162 Å². The second-order valence-electron chi connectivity index (χ2n) is 5.65. The van der Waals surface area contributed by atoms with Gasteiger partial charge in [0.1, 0.15) is 5.00 Å². The Morgan fingerprint density at radius 2 is 1.75 bits per heavy atom. The summed E-state index contributed by atoms with van der Waals surface area (Å²) in [5.41, 5.74) is -1.05. The van der Waals surface area contributed by atoms with Crippen molar-refractivity contribution in [3.63, 3.8) is 0 Å². The van der Waals surface area contributed by atoms with E-state index in [0.29, 0.717) is 5.56 Å². The fraction of sp³-hybridized carbons (Fsp3) is 0.278. The van der Waals surface area contributed by atoms with Crippen LogP contribution in [-0.2, 0) is 20.4 Å². The molecule has 0 aliphatic rings. The molecule has 0 spiro atoms. The molecule has 1 N–H and O–H groups in total. The summed E-state index contributed by atoms with van der Waals surface area (Å²) < 4.78 is 48.3. The zero-order valence-corrected chi connectivity index (χ0v) is 15.9. The van der Waals surface area contributed by atoms with E-state index < -0.39 is 41.8 Å². The lowest BCUT2D eigenvalue weighted by Gasteiger charge is -2.12. The molecule has 6 nitrogen and oxygen atoms in total. The number of thiophene rings is 1. The number of benzene rings is 1. The number of hydrogen-bond donors (Lipinski definition) is 1. The number of anilines is 1. The molecule has 1 amide bonds. The molecule has 1 heterocycles. The number of aryl methyl sites for hydroxylation is 1. The smallest absolute Gasteiger partial charge is 0.417 e. The summed E-state index contributed by atoms with van der Waals surface area (Å²) in [6.07, 6.45) is -4.74. The molecule has 1 aromatic carbocycles. The summed E-state index contributed by atoms with van der Waals surface area (Å²) in [5, 5.41) is 2.63. The van der Waals surface area contributed by atoms with Crippen LogP contribution in [0, 0.1) is 13.8 Å². The number of ether oxygens (including phenoxy) is 2. The average molecular weight is 415 g/mol. The van der Waals surface area contributed by atoms with E-state index in [0.717, 1.165) is 34.4 Å². The molecular formula is C18H16F3NO5S. The van der Waals surface area contributed by atoms with Crippen molar-refractivity contribution in [1.82, 2.24) is 0 Å². The molecule has 0 atom stereocenters. The Bertz CT molecular complexity index is 920. The lowest BCUT2D eigenvalue weighted by atomic mass is 10.1. The van der Waals surface area contributed by atoms with Gasteiger partial charge in [-0.3, -0.25) is 4.79 Å². The van der Waals surface area contributed by atoms with Crippen molar-refractivity contribution in [2.75, 3.05) is 19.0 Å². The molecule has 10 heteroatoms. The second kappa shape index (κ2) is 8.42. The van der Waals surface area contributed by atoms with Gasteiger partial charge in [0, 0.05) is 4.88 Å². The Morgan fingerprint density at radius 3 is 2.36 bits per heavy atom. The number of rotatable bonds is 5. The van der Waals surface area contributed by atoms with Crippen molar-refractivity contribution in [2.24, 2.45) is 0 Å². The van der Waals surface area contributed by atoms with Crippen LogP contribution in [0.5, 0.6) is 0 Å². The summed E-state index contributed by atoms with van der Waals surface area (Å²) >= 11 is 1.13. The lowest BCUT2D eigenvalue weighted by Crippen LogP contribution is -2.23. The number of esters is 2. The fourth-order valence-electron chi connectivity index (χ4n) is 2.34. The van der Waals surface area contributed by atoms with Gasteiger partial charge in [0.25, 0.3) is 5.91 Å². The van der Waals surface area contributed by atoms with Gasteiger partial charge in [-0.25, -0.2) is 9.59 Å². The molecule has 2 rings (SSSR count). The lowest BCUT2D eigenvalue weighted by molar-refractivity contribution is -0.138. The molecule has 2 aromatic rings. The Kier molecular flexibility index (Phi) is 6.45. The highest BCUT2D eigenvalue weighted by atomic mass is 32.1. The number of amides is 1. The number of nitrogens with one attached hydrogen (secondary N) is 1. The molecule has 0 fully saturated rings. The van der Waals surface area contributed by atoms with Crippen LogP contribution >= 0.6 is 11.3 Å². The van der Waals surface area contributed by atoms with Gasteiger partial charge in [-0.15, -0.1) is 11.3 Å². The maximum atomic E-state index is 13.0. The van der Waals surface area contributed by atoms with Gasteiger partial charge in [0.05, 0.1) is 23.8 Å². The molecule has 150 valence electrons. The van der Waals surface area contributed by atoms with Crippen molar-refractivity contribution >= 4 is 34.2 Å². The van der Waals surface area contributed by atoms with Crippen molar-refractivity contribution < 1.29 is 37.0 Å². The molecule has 28 heavy (non-hydrogen) atoms. The number of methoxy groups -OCH3 is 1. The summed E-state index contributed by atoms with van der Waals surface area (Å²) in [5.74, 6) is -2.73. The van der Waals surface area contributed by atoms with Crippen molar-refractivity contribution in [1.29, 1.82) is 0 Å². The number of hydrogen-bond acceptors (Lipinski definition) is 6. The molecule has 0 saturated carbocycles. The number of halogens is 3. The van der Waals surface area contributed by atoms with Crippen LogP contribution < -0.4 is 5.32 Å². The molecule has 0 bridgehead atoms. The highest BCUT2D eigenvalue weighted by molar-refractivity contribution is 7.16. The van der Waals surface area contributed by atoms with Crippen LogP contribution in [0.1, 0.15) is 36.7 Å². The van der Waals surface area contributed by atoms with E-state index >= 15 is 0 Å². The van der Waals surface area contributed by atoms with Gasteiger partial charge in [-0.05, 0) is 31.5 Å².